The number of carbonyl (C=O) groups is 2. The summed E-state index contributed by atoms with van der Waals surface area (Å²) in [5, 5.41) is 0. The minimum Gasteiger partial charge on any atom is -0.456 e. The molecule has 2 rings (SSSR count). The summed E-state index contributed by atoms with van der Waals surface area (Å²) in [6.07, 6.45) is 12.0. The van der Waals surface area contributed by atoms with E-state index in [0.29, 0.717) is 11.8 Å². The number of hydrogen-bond acceptors (Lipinski definition) is 4. The van der Waals surface area contributed by atoms with E-state index in [2.05, 4.69) is 6.92 Å². The zero-order valence-electron chi connectivity index (χ0n) is 16.6. The molecule has 0 aromatic carbocycles. The Morgan fingerprint density at radius 2 is 1.24 bits per heavy atom. The molecule has 0 spiro atoms. The number of ether oxygens (including phenoxy) is 2. The molecule has 0 aromatic heterocycles. The van der Waals surface area contributed by atoms with Crippen molar-refractivity contribution < 1.29 is 19.1 Å². The van der Waals surface area contributed by atoms with Gasteiger partial charge in [-0.25, -0.2) is 4.79 Å². The van der Waals surface area contributed by atoms with Crippen LogP contribution in [0.4, 0.5) is 0 Å². The van der Waals surface area contributed by atoms with E-state index in [4.69, 9.17) is 9.47 Å². The first kappa shape index (κ1) is 20.3. The molecule has 0 heterocycles. The van der Waals surface area contributed by atoms with E-state index in [-0.39, 0.29) is 12.6 Å². The van der Waals surface area contributed by atoms with Crippen molar-refractivity contribution in [2.75, 3.05) is 6.61 Å². The summed E-state index contributed by atoms with van der Waals surface area (Å²) in [6, 6.07) is 0. The second kappa shape index (κ2) is 8.55. The Labute approximate surface area is 153 Å². The van der Waals surface area contributed by atoms with Gasteiger partial charge in [0, 0.05) is 0 Å². The van der Waals surface area contributed by atoms with Gasteiger partial charge in [0.15, 0.2) is 6.61 Å². The molecule has 0 N–H and O–H groups in total. The predicted molar refractivity (Wildman–Crippen MR) is 98.1 cm³/mol. The number of hydrogen-bond donors (Lipinski definition) is 0. The van der Waals surface area contributed by atoms with E-state index in [1.54, 1.807) is 20.8 Å². The molecule has 0 saturated heterocycles. The van der Waals surface area contributed by atoms with Crippen molar-refractivity contribution in [2.24, 2.45) is 17.3 Å². The number of carbonyl (C=O) groups excluding carboxylic acids is 2. The van der Waals surface area contributed by atoms with Crippen molar-refractivity contribution in [3.8, 4) is 0 Å². The molecule has 25 heavy (non-hydrogen) atoms. The van der Waals surface area contributed by atoms with Gasteiger partial charge in [0.1, 0.15) is 5.60 Å². The molecule has 0 unspecified atom stereocenters. The molecule has 2 fully saturated rings. The maximum absolute atomic E-state index is 12.5. The monoisotopic (exact) mass is 352 g/mol. The van der Waals surface area contributed by atoms with Crippen molar-refractivity contribution in [3.63, 3.8) is 0 Å². The second-order valence-electron chi connectivity index (χ2n) is 9.15. The van der Waals surface area contributed by atoms with Crippen LogP contribution in [-0.2, 0) is 19.1 Å². The normalized spacial score (nSPS) is 21.0. The van der Waals surface area contributed by atoms with E-state index in [9.17, 15) is 9.59 Å². The van der Waals surface area contributed by atoms with Crippen LogP contribution in [-0.4, -0.2) is 24.1 Å². The molecule has 4 heteroatoms. The molecule has 0 bridgehead atoms. The zero-order valence-corrected chi connectivity index (χ0v) is 16.6. The predicted octanol–water partition coefficient (Wildman–Crippen LogP) is 5.04. The van der Waals surface area contributed by atoms with Crippen LogP contribution in [0.2, 0.25) is 0 Å². The lowest BCUT2D eigenvalue weighted by atomic mass is 9.67. The third-order valence-corrected chi connectivity index (χ3v) is 6.10. The summed E-state index contributed by atoms with van der Waals surface area (Å²) in [5.74, 6) is 0.121. The lowest BCUT2D eigenvalue weighted by molar-refractivity contribution is -0.185. The third kappa shape index (κ3) is 5.46. The summed E-state index contributed by atoms with van der Waals surface area (Å²) < 4.78 is 11.2. The molecule has 144 valence electrons. The quantitative estimate of drug-likeness (QED) is 0.651. The van der Waals surface area contributed by atoms with Gasteiger partial charge in [-0.2, -0.15) is 0 Å². The first-order valence-corrected chi connectivity index (χ1v) is 10.1. The molecular weight excluding hydrogens is 316 g/mol. The van der Waals surface area contributed by atoms with Gasteiger partial charge in [-0.1, -0.05) is 38.5 Å². The molecule has 2 aliphatic carbocycles. The van der Waals surface area contributed by atoms with Crippen molar-refractivity contribution in [1.29, 1.82) is 0 Å². The molecule has 0 radical (unpaired) electrons. The van der Waals surface area contributed by atoms with Gasteiger partial charge in [0.25, 0.3) is 0 Å². The molecule has 2 aliphatic rings. The van der Waals surface area contributed by atoms with Gasteiger partial charge in [0.2, 0.25) is 0 Å². The van der Waals surface area contributed by atoms with Crippen molar-refractivity contribution >= 4 is 11.9 Å². The lowest BCUT2D eigenvalue weighted by Gasteiger charge is -2.46. The number of esters is 2. The fourth-order valence-electron chi connectivity index (χ4n) is 4.47. The Morgan fingerprint density at radius 3 is 1.64 bits per heavy atom. The Balaban J connectivity index is 2.02. The van der Waals surface area contributed by atoms with Crippen molar-refractivity contribution in [1.82, 2.24) is 0 Å². The third-order valence-electron chi connectivity index (χ3n) is 6.10. The summed E-state index contributed by atoms with van der Waals surface area (Å²) >= 11 is 0. The summed E-state index contributed by atoms with van der Waals surface area (Å²) in [7, 11) is 0. The maximum Gasteiger partial charge on any atom is 0.344 e. The van der Waals surface area contributed by atoms with Gasteiger partial charge >= 0.3 is 11.9 Å². The average molecular weight is 353 g/mol. The molecule has 0 aromatic rings. The highest BCUT2D eigenvalue weighted by molar-refractivity contribution is 5.79. The lowest BCUT2D eigenvalue weighted by Crippen LogP contribution is -2.48. The topological polar surface area (TPSA) is 52.6 Å². The van der Waals surface area contributed by atoms with E-state index in [0.717, 1.165) is 25.7 Å². The molecule has 0 amide bonds. The Kier molecular flexibility index (Phi) is 6.93. The SMILES string of the molecule is CC(C)(C)C(=O)OCC(=O)OC(C)(C1CCCCC1)C1CCCCC1. The van der Waals surface area contributed by atoms with Gasteiger partial charge in [-0.05, 0) is 65.2 Å². The Bertz CT molecular complexity index is 433. The van der Waals surface area contributed by atoms with E-state index in [1.165, 1.54) is 38.5 Å². The fraction of sp³-hybridized carbons (Fsp3) is 0.905. The first-order valence-electron chi connectivity index (χ1n) is 10.1. The fourth-order valence-corrected chi connectivity index (χ4v) is 4.47. The van der Waals surface area contributed by atoms with Crippen LogP contribution in [0.1, 0.15) is 91.9 Å². The average Bonchev–Trinajstić information content (AvgIpc) is 2.60. The molecule has 0 atom stereocenters. The Hall–Kier alpha value is -1.06. The van der Waals surface area contributed by atoms with E-state index >= 15 is 0 Å². The van der Waals surface area contributed by atoms with Gasteiger partial charge in [-0.3, -0.25) is 4.79 Å². The molecule has 2 saturated carbocycles. The van der Waals surface area contributed by atoms with Crippen LogP contribution in [0, 0.1) is 17.3 Å². The van der Waals surface area contributed by atoms with Gasteiger partial charge in [-0.15, -0.1) is 0 Å². The van der Waals surface area contributed by atoms with Crippen LogP contribution >= 0.6 is 0 Å². The number of rotatable bonds is 5. The minimum atomic E-state index is -0.601. The van der Waals surface area contributed by atoms with E-state index in [1.807, 2.05) is 0 Å². The zero-order chi connectivity index (χ0) is 18.5. The van der Waals surface area contributed by atoms with Crippen molar-refractivity contribution in [3.05, 3.63) is 0 Å². The second-order valence-corrected chi connectivity index (χ2v) is 9.15. The van der Waals surface area contributed by atoms with Crippen molar-refractivity contribution in [2.45, 2.75) is 97.5 Å². The molecule has 4 nitrogen and oxygen atoms in total. The van der Waals surface area contributed by atoms with Gasteiger partial charge in [0.05, 0.1) is 5.41 Å². The molecular formula is C21H36O4. The first-order chi connectivity index (χ1) is 11.7. The summed E-state index contributed by atoms with van der Waals surface area (Å²) in [4.78, 5) is 24.4. The largest absolute Gasteiger partial charge is 0.456 e. The van der Waals surface area contributed by atoms with Crippen LogP contribution in [0.25, 0.3) is 0 Å². The van der Waals surface area contributed by atoms with Crippen LogP contribution < -0.4 is 0 Å². The summed E-state index contributed by atoms with van der Waals surface area (Å²) in [5.41, 5.74) is -1.01. The van der Waals surface area contributed by atoms with Crippen LogP contribution in [0.3, 0.4) is 0 Å². The summed E-state index contributed by atoms with van der Waals surface area (Å²) in [6.45, 7) is 7.23. The highest BCUT2D eigenvalue weighted by atomic mass is 16.6. The minimum absolute atomic E-state index is 0.273. The van der Waals surface area contributed by atoms with Crippen LogP contribution in [0.5, 0.6) is 0 Å². The standard InChI is InChI=1S/C21H36O4/c1-20(2,3)19(23)24-15-18(22)25-21(4,16-11-7-5-8-12-16)17-13-9-6-10-14-17/h16-17H,5-15H2,1-4H3. The molecule has 0 aliphatic heterocycles. The van der Waals surface area contributed by atoms with Gasteiger partial charge < -0.3 is 9.47 Å². The highest BCUT2D eigenvalue weighted by Crippen LogP contribution is 2.45. The Morgan fingerprint density at radius 1 is 0.800 bits per heavy atom. The van der Waals surface area contributed by atoms with Crippen LogP contribution in [0.15, 0.2) is 0 Å². The van der Waals surface area contributed by atoms with E-state index < -0.39 is 17.0 Å². The smallest absolute Gasteiger partial charge is 0.344 e. The maximum atomic E-state index is 12.5. The highest BCUT2D eigenvalue weighted by Gasteiger charge is 2.45.